The first-order chi connectivity index (χ1) is 17.3. The van der Waals surface area contributed by atoms with Gasteiger partial charge in [0, 0.05) is 0 Å². The van der Waals surface area contributed by atoms with Gasteiger partial charge in [0.2, 0.25) is 5.91 Å². The van der Waals surface area contributed by atoms with Crippen LogP contribution in [-0.4, -0.2) is 20.9 Å². The third kappa shape index (κ3) is 5.73. The highest BCUT2D eigenvalue weighted by Crippen LogP contribution is 2.31. The zero-order valence-electron chi connectivity index (χ0n) is 19.4. The van der Waals surface area contributed by atoms with Crippen molar-refractivity contribution in [3.8, 4) is 0 Å². The van der Waals surface area contributed by atoms with Crippen molar-refractivity contribution in [2.24, 2.45) is 0 Å². The van der Waals surface area contributed by atoms with Crippen molar-refractivity contribution < 1.29 is 13.2 Å². The Bertz CT molecular complexity index is 1460. The predicted molar refractivity (Wildman–Crippen MR) is 145 cm³/mol. The quantitative estimate of drug-likeness (QED) is 0.282. The molecule has 0 aliphatic rings. The number of hydrogen-bond acceptors (Lipinski definition) is 3. The number of carbonyl (C=O) groups is 1. The summed E-state index contributed by atoms with van der Waals surface area (Å²) in [6.45, 7) is 1.52. The molecule has 36 heavy (non-hydrogen) atoms. The number of amides is 1. The molecule has 0 fully saturated rings. The summed E-state index contributed by atoms with van der Waals surface area (Å²) in [5.74, 6) is -0.474. The second-order valence-electron chi connectivity index (χ2n) is 8.19. The third-order valence-electron chi connectivity index (χ3n) is 5.75. The monoisotopic (exact) mass is 538 g/mol. The minimum absolute atomic E-state index is 0.0578. The Morgan fingerprint density at radius 3 is 2.08 bits per heavy atom. The normalized spacial score (nSPS) is 12.1. The van der Waals surface area contributed by atoms with E-state index in [-0.39, 0.29) is 20.6 Å². The summed E-state index contributed by atoms with van der Waals surface area (Å²) in [4.78, 5) is 13.5. The molecule has 0 heterocycles. The third-order valence-corrected chi connectivity index (χ3v) is 8.27. The van der Waals surface area contributed by atoms with Crippen LogP contribution in [0.15, 0.2) is 108 Å². The maximum atomic E-state index is 13.6. The summed E-state index contributed by atoms with van der Waals surface area (Å²) in [7, 11) is -4.08. The average molecular weight is 539 g/mol. The summed E-state index contributed by atoms with van der Waals surface area (Å²) in [6.07, 6.45) is 0. The smallest absolute Gasteiger partial charge is 0.264 e. The molecule has 0 radical (unpaired) electrons. The Kier molecular flexibility index (Phi) is 7.99. The number of carbonyl (C=O) groups excluding carboxylic acids is 1. The molecule has 1 atom stereocenters. The number of anilines is 1. The lowest BCUT2D eigenvalue weighted by molar-refractivity contribution is -0.120. The van der Waals surface area contributed by atoms with Gasteiger partial charge in [-0.15, -0.1) is 0 Å². The van der Waals surface area contributed by atoms with Gasteiger partial charge in [-0.2, -0.15) is 0 Å². The SMILES string of the molecule is Cc1ccccc1[C@@H](NC(=O)CN(c1ccc(Cl)c(Cl)c1)S(=O)(=O)c1ccccc1)c1ccccc1. The van der Waals surface area contributed by atoms with Crippen LogP contribution in [0, 0.1) is 6.92 Å². The van der Waals surface area contributed by atoms with Crippen LogP contribution in [-0.2, 0) is 14.8 Å². The Balaban J connectivity index is 1.71. The zero-order valence-corrected chi connectivity index (χ0v) is 21.8. The summed E-state index contributed by atoms with van der Waals surface area (Å²) in [6, 6.07) is 29.3. The molecule has 0 saturated carbocycles. The second-order valence-corrected chi connectivity index (χ2v) is 10.9. The lowest BCUT2D eigenvalue weighted by atomic mass is 9.95. The molecule has 184 valence electrons. The van der Waals surface area contributed by atoms with E-state index >= 15 is 0 Å². The van der Waals surface area contributed by atoms with Crippen molar-refractivity contribution in [2.75, 3.05) is 10.8 Å². The average Bonchev–Trinajstić information content (AvgIpc) is 2.89. The van der Waals surface area contributed by atoms with Crippen molar-refractivity contribution in [1.29, 1.82) is 0 Å². The Hall–Kier alpha value is -3.32. The number of nitrogens with one attached hydrogen (secondary N) is 1. The molecule has 4 aromatic carbocycles. The number of nitrogens with zero attached hydrogens (tertiary/aromatic N) is 1. The first-order valence-electron chi connectivity index (χ1n) is 11.2. The lowest BCUT2D eigenvalue weighted by Crippen LogP contribution is -2.42. The van der Waals surface area contributed by atoms with Gasteiger partial charge in [0.1, 0.15) is 6.54 Å². The Morgan fingerprint density at radius 2 is 1.44 bits per heavy atom. The van der Waals surface area contributed by atoms with Gasteiger partial charge in [0.15, 0.2) is 0 Å². The van der Waals surface area contributed by atoms with Crippen molar-refractivity contribution >= 4 is 44.8 Å². The molecule has 0 aliphatic heterocycles. The van der Waals surface area contributed by atoms with E-state index in [1.807, 2.05) is 61.5 Å². The van der Waals surface area contributed by atoms with Crippen LogP contribution in [0.3, 0.4) is 0 Å². The molecule has 0 unspecified atom stereocenters. The minimum Gasteiger partial charge on any atom is -0.344 e. The summed E-state index contributed by atoms with van der Waals surface area (Å²) in [5.41, 5.74) is 3.04. The van der Waals surface area contributed by atoms with E-state index in [9.17, 15) is 13.2 Å². The summed E-state index contributed by atoms with van der Waals surface area (Å²) < 4.78 is 28.3. The van der Waals surface area contributed by atoms with E-state index in [0.29, 0.717) is 0 Å². The van der Waals surface area contributed by atoms with Gasteiger partial charge in [0.25, 0.3) is 10.0 Å². The molecule has 0 saturated heterocycles. The lowest BCUT2D eigenvalue weighted by Gasteiger charge is -2.27. The van der Waals surface area contributed by atoms with Crippen LogP contribution in [0.2, 0.25) is 10.0 Å². The fourth-order valence-corrected chi connectivity index (χ4v) is 5.63. The molecular formula is C28H24Cl2N2O3S. The van der Waals surface area contributed by atoms with E-state index in [4.69, 9.17) is 23.2 Å². The second kappa shape index (κ2) is 11.2. The van der Waals surface area contributed by atoms with Crippen molar-refractivity contribution in [3.63, 3.8) is 0 Å². The van der Waals surface area contributed by atoms with Crippen LogP contribution in [0.4, 0.5) is 5.69 Å². The van der Waals surface area contributed by atoms with E-state index in [2.05, 4.69) is 5.32 Å². The number of sulfonamides is 1. The molecule has 1 amide bonds. The number of aryl methyl sites for hydroxylation is 1. The summed E-state index contributed by atoms with van der Waals surface area (Å²) >= 11 is 12.3. The van der Waals surface area contributed by atoms with Gasteiger partial charge in [-0.3, -0.25) is 9.10 Å². The molecule has 0 aliphatic carbocycles. The van der Waals surface area contributed by atoms with Crippen molar-refractivity contribution in [2.45, 2.75) is 17.9 Å². The maximum absolute atomic E-state index is 13.6. The first kappa shape index (κ1) is 25.8. The largest absolute Gasteiger partial charge is 0.344 e. The molecule has 0 aromatic heterocycles. The van der Waals surface area contributed by atoms with Gasteiger partial charge in [0.05, 0.1) is 26.7 Å². The highest BCUT2D eigenvalue weighted by molar-refractivity contribution is 7.92. The van der Waals surface area contributed by atoms with Crippen LogP contribution < -0.4 is 9.62 Å². The molecule has 8 heteroatoms. The van der Waals surface area contributed by atoms with E-state index in [0.717, 1.165) is 21.0 Å². The Morgan fingerprint density at radius 1 is 0.833 bits per heavy atom. The summed E-state index contributed by atoms with van der Waals surface area (Å²) in [5, 5.41) is 3.50. The number of halogens is 2. The zero-order chi connectivity index (χ0) is 25.7. The molecule has 0 bridgehead atoms. The standard InChI is InChI=1S/C28H24Cl2N2O3S/c1-20-10-8-9-15-24(20)28(21-11-4-2-5-12-21)31-27(33)19-32(22-16-17-25(29)26(30)18-22)36(34,35)23-13-6-3-7-14-23/h2-18,28H,19H2,1H3,(H,31,33)/t28-/m0/s1. The number of benzene rings is 4. The predicted octanol–water partition coefficient (Wildman–Crippen LogP) is 6.40. The first-order valence-corrected chi connectivity index (χ1v) is 13.4. The van der Waals surface area contributed by atoms with E-state index < -0.39 is 28.5 Å². The van der Waals surface area contributed by atoms with E-state index in [1.54, 1.807) is 18.2 Å². The molecule has 4 rings (SSSR count). The highest BCUT2D eigenvalue weighted by Gasteiger charge is 2.29. The number of rotatable bonds is 8. The van der Waals surface area contributed by atoms with Crippen LogP contribution in [0.5, 0.6) is 0 Å². The van der Waals surface area contributed by atoms with Gasteiger partial charge < -0.3 is 5.32 Å². The van der Waals surface area contributed by atoms with Crippen LogP contribution in [0.1, 0.15) is 22.7 Å². The molecule has 0 spiro atoms. The van der Waals surface area contributed by atoms with Crippen molar-refractivity contribution in [3.05, 3.63) is 130 Å². The molecular weight excluding hydrogens is 515 g/mol. The van der Waals surface area contributed by atoms with Gasteiger partial charge >= 0.3 is 0 Å². The van der Waals surface area contributed by atoms with Gasteiger partial charge in [-0.1, -0.05) is 96.0 Å². The minimum atomic E-state index is -4.08. The molecule has 4 aromatic rings. The fraction of sp³-hybridized carbons (Fsp3) is 0.107. The molecule has 5 nitrogen and oxygen atoms in total. The van der Waals surface area contributed by atoms with Crippen LogP contribution in [0.25, 0.3) is 0 Å². The fourth-order valence-electron chi connectivity index (χ4n) is 3.91. The highest BCUT2D eigenvalue weighted by atomic mass is 35.5. The van der Waals surface area contributed by atoms with E-state index in [1.165, 1.54) is 30.3 Å². The number of hydrogen-bond donors (Lipinski definition) is 1. The maximum Gasteiger partial charge on any atom is 0.264 e. The Labute approximate surface area is 221 Å². The topological polar surface area (TPSA) is 66.5 Å². The molecule has 1 N–H and O–H groups in total. The van der Waals surface area contributed by atoms with Crippen molar-refractivity contribution in [1.82, 2.24) is 5.32 Å². The van der Waals surface area contributed by atoms with Gasteiger partial charge in [-0.05, 0) is 53.9 Å². The van der Waals surface area contributed by atoms with Crippen LogP contribution >= 0.6 is 23.2 Å². The van der Waals surface area contributed by atoms with Gasteiger partial charge in [-0.25, -0.2) is 8.42 Å².